The van der Waals surface area contributed by atoms with E-state index in [1.165, 1.54) is 32.2 Å². The summed E-state index contributed by atoms with van der Waals surface area (Å²) < 4.78 is 11.2. The average Bonchev–Trinajstić information content (AvgIpc) is 3.27. The van der Waals surface area contributed by atoms with E-state index in [1.54, 1.807) is 0 Å². The summed E-state index contributed by atoms with van der Waals surface area (Å²) >= 11 is 6.08. The molecule has 1 atom stereocenters. The van der Waals surface area contributed by atoms with E-state index in [9.17, 15) is 4.79 Å². The lowest BCUT2D eigenvalue weighted by Gasteiger charge is -2.34. The van der Waals surface area contributed by atoms with Gasteiger partial charge in [0, 0.05) is 35.0 Å². The number of aromatic nitrogens is 1. The first kappa shape index (κ1) is 24.1. The Labute approximate surface area is 207 Å². The van der Waals surface area contributed by atoms with Crippen molar-refractivity contribution < 1.29 is 14.1 Å². The highest BCUT2D eigenvalue weighted by Crippen LogP contribution is 2.34. The van der Waals surface area contributed by atoms with Gasteiger partial charge in [-0.1, -0.05) is 16.8 Å². The summed E-state index contributed by atoms with van der Waals surface area (Å²) in [7, 11) is 0. The number of nitrogens with zero attached hydrogens (tertiary/aromatic N) is 2. The number of ether oxygens (including phenoxy) is 1. The van der Waals surface area contributed by atoms with Gasteiger partial charge >= 0.3 is 0 Å². The van der Waals surface area contributed by atoms with Crippen LogP contribution in [0.15, 0.2) is 22.7 Å². The van der Waals surface area contributed by atoms with Crippen LogP contribution < -0.4 is 5.32 Å². The fraction of sp³-hybridized carbons (Fsp3) is 0.704. The minimum atomic E-state index is 0.135. The van der Waals surface area contributed by atoms with Gasteiger partial charge in [-0.05, 0) is 102 Å². The quantitative estimate of drug-likeness (QED) is 0.543. The molecule has 2 saturated heterocycles. The second-order valence-corrected chi connectivity index (χ2v) is 11.0. The number of carbonyl (C=O) groups is 1. The van der Waals surface area contributed by atoms with Gasteiger partial charge in [-0.25, -0.2) is 0 Å². The largest absolute Gasteiger partial charge is 0.378 e. The molecular weight excluding hydrogens is 450 g/mol. The molecule has 6 nitrogen and oxygen atoms in total. The van der Waals surface area contributed by atoms with Gasteiger partial charge in [-0.2, -0.15) is 0 Å². The molecule has 0 radical (unpaired) electrons. The van der Waals surface area contributed by atoms with Crippen LogP contribution in [0, 0.1) is 5.92 Å². The van der Waals surface area contributed by atoms with Crippen LogP contribution in [-0.4, -0.2) is 54.4 Å². The standard InChI is InChI=1S/C27H38ClN3O3/c28-21-6-9-24-25(17-21)34-30-27(24)20-11-14-31(15-12-20)13-10-19-4-7-22(8-5-19)29-26(32)18-23-3-1-2-16-33-23/h6,9,17,19-20,22-23H,1-5,7-8,10-16,18H2,(H,29,32)/t19?,22?,23-/m1/s1. The summed E-state index contributed by atoms with van der Waals surface area (Å²) in [5.74, 6) is 1.44. The molecule has 186 valence electrons. The summed E-state index contributed by atoms with van der Waals surface area (Å²) in [5, 5.41) is 9.45. The Bertz CT molecular complexity index is 942. The first-order chi connectivity index (χ1) is 16.6. The zero-order valence-electron chi connectivity index (χ0n) is 20.1. The molecule has 1 aromatic heterocycles. The Morgan fingerprint density at radius 3 is 2.68 bits per heavy atom. The van der Waals surface area contributed by atoms with E-state index in [1.807, 2.05) is 18.2 Å². The molecule has 3 heterocycles. The summed E-state index contributed by atoms with van der Waals surface area (Å²) in [6.45, 7) is 4.25. The Hall–Kier alpha value is -1.63. The molecule has 7 heteroatoms. The number of hydrogen-bond acceptors (Lipinski definition) is 5. The van der Waals surface area contributed by atoms with Crippen LogP contribution in [-0.2, 0) is 9.53 Å². The smallest absolute Gasteiger partial charge is 0.222 e. The van der Waals surface area contributed by atoms with Crippen LogP contribution in [0.4, 0.5) is 0 Å². The predicted molar refractivity (Wildman–Crippen MR) is 134 cm³/mol. The maximum atomic E-state index is 12.4. The predicted octanol–water partition coefficient (Wildman–Crippen LogP) is 5.68. The molecule has 3 aliphatic rings. The molecule has 2 aromatic rings. The summed E-state index contributed by atoms with van der Waals surface area (Å²) in [6.07, 6.45) is 12.3. The van der Waals surface area contributed by atoms with Gasteiger partial charge in [0.1, 0.15) is 0 Å². The number of nitrogens with one attached hydrogen (secondary N) is 1. The molecule has 1 aliphatic carbocycles. The van der Waals surface area contributed by atoms with E-state index < -0.39 is 0 Å². The third-order valence-corrected chi connectivity index (χ3v) is 8.42. The summed E-state index contributed by atoms with van der Waals surface area (Å²) in [5.41, 5.74) is 1.89. The molecule has 3 fully saturated rings. The molecular formula is C27H38ClN3O3. The number of benzene rings is 1. The third-order valence-electron chi connectivity index (χ3n) is 8.19. The van der Waals surface area contributed by atoms with Gasteiger partial charge in [0.2, 0.25) is 5.91 Å². The molecule has 0 spiro atoms. The molecule has 2 aliphatic heterocycles. The van der Waals surface area contributed by atoms with Gasteiger partial charge in [0.15, 0.2) is 5.58 Å². The van der Waals surface area contributed by atoms with Gasteiger partial charge in [-0.15, -0.1) is 0 Å². The average molecular weight is 488 g/mol. The number of rotatable bonds is 7. The van der Waals surface area contributed by atoms with E-state index >= 15 is 0 Å². The van der Waals surface area contributed by atoms with Crippen molar-refractivity contribution in [2.75, 3.05) is 26.2 Å². The van der Waals surface area contributed by atoms with Crippen molar-refractivity contribution in [3.05, 3.63) is 28.9 Å². The first-order valence-electron chi connectivity index (χ1n) is 13.3. The highest BCUT2D eigenvalue weighted by molar-refractivity contribution is 6.31. The molecule has 1 N–H and O–H groups in total. The molecule has 0 unspecified atom stereocenters. The van der Waals surface area contributed by atoms with Crippen molar-refractivity contribution in [1.29, 1.82) is 0 Å². The second-order valence-electron chi connectivity index (χ2n) is 10.6. The van der Waals surface area contributed by atoms with E-state index in [-0.39, 0.29) is 12.0 Å². The number of piperidine rings is 1. The fourth-order valence-electron chi connectivity index (χ4n) is 6.08. The van der Waals surface area contributed by atoms with Crippen molar-refractivity contribution in [3.63, 3.8) is 0 Å². The third kappa shape index (κ3) is 6.13. The highest BCUT2D eigenvalue weighted by Gasteiger charge is 2.27. The molecule has 34 heavy (non-hydrogen) atoms. The van der Waals surface area contributed by atoms with Crippen LogP contribution in [0.1, 0.15) is 82.2 Å². The van der Waals surface area contributed by atoms with Crippen molar-refractivity contribution in [2.45, 2.75) is 88.7 Å². The number of fused-ring (bicyclic) bond motifs is 1. The first-order valence-corrected chi connectivity index (χ1v) is 13.7. The number of hydrogen-bond donors (Lipinski definition) is 1. The van der Waals surface area contributed by atoms with Gasteiger partial charge in [-0.3, -0.25) is 4.79 Å². The van der Waals surface area contributed by atoms with E-state index in [2.05, 4.69) is 15.4 Å². The van der Waals surface area contributed by atoms with Crippen LogP contribution in [0.25, 0.3) is 11.0 Å². The SMILES string of the molecule is O=C(C[C@H]1CCCCO1)NC1CCC(CCN2CCC(c3noc4cc(Cl)ccc34)CC2)CC1. The van der Waals surface area contributed by atoms with Crippen LogP contribution >= 0.6 is 11.6 Å². The fourth-order valence-corrected chi connectivity index (χ4v) is 6.24. The van der Waals surface area contributed by atoms with Gasteiger partial charge < -0.3 is 19.5 Å². The summed E-state index contributed by atoms with van der Waals surface area (Å²) in [4.78, 5) is 15.0. The highest BCUT2D eigenvalue weighted by atomic mass is 35.5. The van der Waals surface area contributed by atoms with Crippen molar-refractivity contribution in [2.24, 2.45) is 5.92 Å². The molecule has 0 bridgehead atoms. The lowest BCUT2D eigenvalue weighted by atomic mass is 9.83. The zero-order valence-corrected chi connectivity index (χ0v) is 20.9. The lowest BCUT2D eigenvalue weighted by Crippen LogP contribution is -2.40. The van der Waals surface area contributed by atoms with Gasteiger partial charge in [0.25, 0.3) is 0 Å². The van der Waals surface area contributed by atoms with Crippen LogP contribution in [0.5, 0.6) is 0 Å². The topological polar surface area (TPSA) is 67.6 Å². The maximum absolute atomic E-state index is 12.4. The minimum Gasteiger partial charge on any atom is -0.378 e. The molecule has 1 saturated carbocycles. The van der Waals surface area contributed by atoms with Gasteiger partial charge in [0.05, 0.1) is 18.2 Å². The van der Waals surface area contributed by atoms with E-state index in [4.69, 9.17) is 20.9 Å². The Kier molecular flexibility index (Phi) is 8.08. The Balaban J connectivity index is 0.992. The molecule has 5 rings (SSSR count). The number of halogens is 1. The molecule has 1 amide bonds. The Morgan fingerprint density at radius 2 is 1.91 bits per heavy atom. The number of likely N-dealkylation sites (tertiary alicyclic amines) is 1. The maximum Gasteiger partial charge on any atom is 0.222 e. The van der Waals surface area contributed by atoms with Crippen LogP contribution in [0.3, 0.4) is 0 Å². The minimum absolute atomic E-state index is 0.135. The number of carbonyl (C=O) groups excluding carboxylic acids is 1. The van der Waals surface area contributed by atoms with E-state index in [0.29, 0.717) is 23.4 Å². The normalized spacial score (nSPS) is 27.1. The van der Waals surface area contributed by atoms with E-state index in [0.717, 1.165) is 80.8 Å². The number of amides is 1. The monoisotopic (exact) mass is 487 g/mol. The zero-order chi connectivity index (χ0) is 23.3. The van der Waals surface area contributed by atoms with Crippen molar-refractivity contribution in [3.8, 4) is 0 Å². The lowest BCUT2D eigenvalue weighted by molar-refractivity contribution is -0.125. The van der Waals surface area contributed by atoms with Crippen LogP contribution in [0.2, 0.25) is 5.02 Å². The van der Waals surface area contributed by atoms with Crippen molar-refractivity contribution >= 4 is 28.5 Å². The van der Waals surface area contributed by atoms with Crippen molar-refractivity contribution in [1.82, 2.24) is 15.4 Å². The summed E-state index contributed by atoms with van der Waals surface area (Å²) in [6, 6.07) is 6.17. The Morgan fingerprint density at radius 1 is 1.09 bits per heavy atom. The second kappa shape index (κ2) is 11.4. The molecule has 1 aromatic carbocycles.